The predicted molar refractivity (Wildman–Crippen MR) is 76.8 cm³/mol. The van der Waals surface area contributed by atoms with E-state index in [2.05, 4.69) is 15.9 Å². The SMILES string of the molecule is O=C1CC(c2ccc(Br)cc2)C(c2ccccc2)O1. The third-order valence-corrected chi connectivity index (χ3v) is 3.97. The number of cyclic esters (lactones) is 1. The van der Waals surface area contributed by atoms with E-state index in [0.29, 0.717) is 6.42 Å². The number of hydrogen-bond donors (Lipinski definition) is 0. The van der Waals surface area contributed by atoms with E-state index in [4.69, 9.17) is 4.74 Å². The van der Waals surface area contributed by atoms with Crippen LogP contribution in [0.2, 0.25) is 0 Å². The molecule has 0 aromatic heterocycles. The Morgan fingerprint density at radius 3 is 2.32 bits per heavy atom. The summed E-state index contributed by atoms with van der Waals surface area (Å²) in [6, 6.07) is 18.0. The Bertz CT molecular complexity index is 577. The lowest BCUT2D eigenvalue weighted by molar-refractivity contribution is -0.141. The van der Waals surface area contributed by atoms with Crippen LogP contribution in [-0.4, -0.2) is 5.97 Å². The molecule has 1 heterocycles. The van der Waals surface area contributed by atoms with Crippen molar-refractivity contribution in [2.75, 3.05) is 0 Å². The van der Waals surface area contributed by atoms with Crippen LogP contribution in [0.15, 0.2) is 59.1 Å². The van der Waals surface area contributed by atoms with Crippen LogP contribution in [0.25, 0.3) is 0 Å². The van der Waals surface area contributed by atoms with Crippen molar-refractivity contribution in [1.29, 1.82) is 0 Å². The average molecular weight is 317 g/mol. The lowest BCUT2D eigenvalue weighted by Crippen LogP contribution is -2.06. The van der Waals surface area contributed by atoms with Gasteiger partial charge >= 0.3 is 5.97 Å². The zero-order valence-corrected chi connectivity index (χ0v) is 11.8. The van der Waals surface area contributed by atoms with Gasteiger partial charge in [-0.25, -0.2) is 0 Å². The van der Waals surface area contributed by atoms with Crippen molar-refractivity contribution in [3.63, 3.8) is 0 Å². The quantitative estimate of drug-likeness (QED) is 0.775. The maximum atomic E-state index is 11.6. The van der Waals surface area contributed by atoms with Crippen LogP contribution in [0.5, 0.6) is 0 Å². The smallest absolute Gasteiger partial charge is 0.307 e. The van der Waals surface area contributed by atoms with Gasteiger partial charge in [0.1, 0.15) is 6.10 Å². The van der Waals surface area contributed by atoms with Gasteiger partial charge in [-0.15, -0.1) is 0 Å². The number of carbonyl (C=O) groups is 1. The number of rotatable bonds is 2. The lowest BCUT2D eigenvalue weighted by atomic mass is 9.89. The maximum absolute atomic E-state index is 11.6. The molecule has 96 valence electrons. The minimum Gasteiger partial charge on any atom is -0.457 e. The summed E-state index contributed by atoms with van der Waals surface area (Å²) in [7, 11) is 0. The molecular weight excluding hydrogens is 304 g/mol. The molecule has 1 fully saturated rings. The summed E-state index contributed by atoms with van der Waals surface area (Å²) in [6.07, 6.45) is 0.274. The van der Waals surface area contributed by atoms with E-state index < -0.39 is 0 Å². The van der Waals surface area contributed by atoms with Crippen LogP contribution in [0, 0.1) is 0 Å². The van der Waals surface area contributed by atoms with E-state index in [0.717, 1.165) is 15.6 Å². The van der Waals surface area contributed by atoms with Crippen molar-refractivity contribution < 1.29 is 9.53 Å². The largest absolute Gasteiger partial charge is 0.457 e. The summed E-state index contributed by atoms with van der Waals surface area (Å²) in [5, 5.41) is 0. The van der Waals surface area contributed by atoms with Crippen LogP contribution in [0.4, 0.5) is 0 Å². The molecule has 0 amide bonds. The van der Waals surface area contributed by atoms with E-state index in [-0.39, 0.29) is 18.0 Å². The van der Waals surface area contributed by atoms with E-state index in [9.17, 15) is 4.79 Å². The Labute approximate surface area is 120 Å². The molecule has 2 unspecified atom stereocenters. The Kier molecular flexibility index (Phi) is 3.38. The van der Waals surface area contributed by atoms with Gasteiger partial charge < -0.3 is 4.74 Å². The molecule has 3 rings (SSSR count). The van der Waals surface area contributed by atoms with E-state index >= 15 is 0 Å². The average Bonchev–Trinajstić information content (AvgIpc) is 2.83. The third kappa shape index (κ3) is 2.56. The maximum Gasteiger partial charge on any atom is 0.307 e. The summed E-state index contributed by atoms with van der Waals surface area (Å²) in [5.41, 5.74) is 2.20. The summed E-state index contributed by atoms with van der Waals surface area (Å²) < 4.78 is 6.53. The lowest BCUT2D eigenvalue weighted by Gasteiger charge is -2.18. The fourth-order valence-electron chi connectivity index (χ4n) is 2.50. The first-order chi connectivity index (χ1) is 9.24. The predicted octanol–water partition coefficient (Wildman–Crippen LogP) is 4.22. The molecule has 0 bridgehead atoms. The van der Waals surface area contributed by atoms with Crippen LogP contribution in [0.3, 0.4) is 0 Å². The molecule has 1 aliphatic rings. The van der Waals surface area contributed by atoms with Gasteiger partial charge in [0, 0.05) is 10.4 Å². The van der Waals surface area contributed by atoms with Crippen molar-refractivity contribution in [3.8, 4) is 0 Å². The highest BCUT2D eigenvalue weighted by Crippen LogP contribution is 2.42. The molecule has 2 aromatic rings. The van der Waals surface area contributed by atoms with Gasteiger partial charge in [-0.3, -0.25) is 4.79 Å². The number of carbonyl (C=O) groups excluding carboxylic acids is 1. The normalized spacial score (nSPS) is 22.3. The van der Waals surface area contributed by atoms with Crippen molar-refractivity contribution in [1.82, 2.24) is 0 Å². The van der Waals surface area contributed by atoms with Crippen LogP contribution in [-0.2, 0) is 9.53 Å². The fourth-order valence-corrected chi connectivity index (χ4v) is 2.77. The molecule has 2 nitrogen and oxygen atoms in total. The van der Waals surface area contributed by atoms with Gasteiger partial charge in [-0.1, -0.05) is 58.4 Å². The topological polar surface area (TPSA) is 26.3 Å². The first kappa shape index (κ1) is 12.4. The van der Waals surface area contributed by atoms with Crippen LogP contribution < -0.4 is 0 Å². The monoisotopic (exact) mass is 316 g/mol. The molecule has 1 aliphatic heterocycles. The first-order valence-corrected chi connectivity index (χ1v) is 7.03. The molecule has 1 saturated heterocycles. The highest BCUT2D eigenvalue weighted by molar-refractivity contribution is 9.10. The van der Waals surface area contributed by atoms with Crippen molar-refractivity contribution in [2.24, 2.45) is 0 Å². The van der Waals surface area contributed by atoms with Gasteiger partial charge in [0.25, 0.3) is 0 Å². The second-order valence-electron chi connectivity index (χ2n) is 4.68. The molecule has 2 aromatic carbocycles. The van der Waals surface area contributed by atoms with Gasteiger partial charge in [0.2, 0.25) is 0 Å². The Morgan fingerprint density at radius 1 is 0.947 bits per heavy atom. The minimum atomic E-state index is -0.171. The Balaban J connectivity index is 1.95. The highest BCUT2D eigenvalue weighted by Gasteiger charge is 2.36. The second-order valence-corrected chi connectivity index (χ2v) is 5.60. The first-order valence-electron chi connectivity index (χ1n) is 6.24. The third-order valence-electron chi connectivity index (χ3n) is 3.44. The van der Waals surface area contributed by atoms with Crippen molar-refractivity contribution in [2.45, 2.75) is 18.4 Å². The molecule has 0 saturated carbocycles. The molecule has 0 spiro atoms. The van der Waals surface area contributed by atoms with Gasteiger partial charge in [-0.05, 0) is 23.3 Å². The molecule has 0 N–H and O–H groups in total. The molecule has 0 aliphatic carbocycles. The molecule has 2 atom stereocenters. The molecular formula is C16H13BrO2. The Morgan fingerprint density at radius 2 is 1.63 bits per heavy atom. The summed E-state index contributed by atoms with van der Waals surface area (Å²) >= 11 is 3.43. The summed E-state index contributed by atoms with van der Waals surface area (Å²) in [6.45, 7) is 0. The van der Waals surface area contributed by atoms with E-state index in [1.165, 1.54) is 0 Å². The van der Waals surface area contributed by atoms with Crippen molar-refractivity contribution >= 4 is 21.9 Å². The number of halogens is 1. The van der Waals surface area contributed by atoms with E-state index in [1.807, 2.05) is 54.6 Å². The zero-order valence-electron chi connectivity index (χ0n) is 10.3. The molecule has 19 heavy (non-hydrogen) atoms. The number of hydrogen-bond acceptors (Lipinski definition) is 2. The fraction of sp³-hybridized carbons (Fsp3) is 0.188. The number of esters is 1. The summed E-state index contributed by atoms with van der Waals surface area (Å²) in [4.78, 5) is 11.6. The Hall–Kier alpha value is -1.61. The number of ether oxygens (including phenoxy) is 1. The molecule has 0 radical (unpaired) electrons. The molecule has 3 heteroatoms. The van der Waals surface area contributed by atoms with Gasteiger partial charge in [0.05, 0.1) is 6.42 Å². The highest BCUT2D eigenvalue weighted by atomic mass is 79.9. The van der Waals surface area contributed by atoms with Crippen LogP contribution >= 0.6 is 15.9 Å². The zero-order chi connectivity index (χ0) is 13.2. The second kappa shape index (κ2) is 5.17. The van der Waals surface area contributed by atoms with Crippen LogP contribution in [0.1, 0.15) is 29.6 Å². The minimum absolute atomic E-state index is 0.100. The van der Waals surface area contributed by atoms with Gasteiger partial charge in [-0.2, -0.15) is 0 Å². The summed E-state index contributed by atoms with van der Waals surface area (Å²) in [5.74, 6) is -0.0234. The van der Waals surface area contributed by atoms with E-state index in [1.54, 1.807) is 0 Å². The standard InChI is InChI=1S/C16H13BrO2/c17-13-8-6-11(7-9-13)14-10-15(18)19-16(14)12-4-2-1-3-5-12/h1-9,14,16H,10H2. The van der Waals surface area contributed by atoms with Gasteiger partial charge in [0.15, 0.2) is 0 Å². The van der Waals surface area contributed by atoms with Crippen molar-refractivity contribution in [3.05, 3.63) is 70.2 Å². The number of benzene rings is 2.